The summed E-state index contributed by atoms with van der Waals surface area (Å²) in [7, 11) is 2.84. The van der Waals surface area contributed by atoms with Crippen molar-refractivity contribution in [3.63, 3.8) is 0 Å². The molecule has 1 N–H and O–H groups in total. The Labute approximate surface area is 111 Å². The maximum Gasteiger partial charge on any atom is 0.263 e. The average molecular weight is 263 g/mol. The van der Waals surface area contributed by atoms with Crippen LogP contribution in [0.1, 0.15) is 16.8 Å². The predicted octanol–water partition coefficient (Wildman–Crippen LogP) is 0.789. The molecule has 0 bridgehead atoms. The van der Waals surface area contributed by atoms with Crippen LogP contribution < -0.4 is 5.32 Å². The van der Waals surface area contributed by atoms with Gasteiger partial charge in [-0.2, -0.15) is 0 Å². The first-order valence-corrected chi connectivity index (χ1v) is 6.13. The fourth-order valence-electron chi connectivity index (χ4n) is 2.45. The van der Waals surface area contributed by atoms with Crippen molar-refractivity contribution >= 4 is 11.7 Å². The molecule has 1 fully saturated rings. The van der Waals surface area contributed by atoms with Crippen LogP contribution in [0.3, 0.4) is 0 Å². The van der Waals surface area contributed by atoms with Gasteiger partial charge in [-0.15, -0.1) is 0 Å². The van der Waals surface area contributed by atoms with Gasteiger partial charge in [0.05, 0.1) is 0 Å². The molecule has 1 heterocycles. The number of piperidine rings is 1. The molecule has 102 valence electrons. The number of benzene rings is 1. The van der Waals surface area contributed by atoms with Crippen molar-refractivity contribution in [2.75, 3.05) is 20.8 Å². The number of Topliss-reactive ketones (excluding diaryl/α,β-unsaturated/α-hetero) is 1. The molecule has 1 aliphatic rings. The number of ether oxygens (including phenoxy) is 2. The molecule has 1 saturated heterocycles. The van der Waals surface area contributed by atoms with E-state index < -0.39 is 17.6 Å². The van der Waals surface area contributed by atoms with Crippen LogP contribution in [-0.4, -0.2) is 44.2 Å². The summed E-state index contributed by atoms with van der Waals surface area (Å²) in [6, 6.07) is 8.64. The van der Waals surface area contributed by atoms with Crippen molar-refractivity contribution in [3.05, 3.63) is 35.9 Å². The van der Waals surface area contributed by atoms with Crippen LogP contribution in [0.4, 0.5) is 0 Å². The largest absolute Gasteiger partial charge is 0.377 e. The number of methoxy groups -OCH3 is 2. The predicted molar refractivity (Wildman–Crippen MR) is 68.9 cm³/mol. The number of amides is 1. The maximum atomic E-state index is 12.7. The number of hydrogen-bond donors (Lipinski definition) is 1. The summed E-state index contributed by atoms with van der Waals surface area (Å²) < 4.78 is 10.6. The van der Waals surface area contributed by atoms with E-state index in [0.717, 1.165) is 0 Å². The van der Waals surface area contributed by atoms with E-state index in [1.165, 1.54) is 14.2 Å². The number of hydrogen-bond acceptors (Lipinski definition) is 4. The zero-order valence-electron chi connectivity index (χ0n) is 11.0. The zero-order chi connectivity index (χ0) is 13.9. The molecule has 1 amide bonds. The highest BCUT2D eigenvalue weighted by molar-refractivity contribution is 6.18. The van der Waals surface area contributed by atoms with Gasteiger partial charge in [0.1, 0.15) is 6.10 Å². The minimum Gasteiger partial charge on any atom is -0.377 e. The van der Waals surface area contributed by atoms with Gasteiger partial charge >= 0.3 is 0 Å². The topological polar surface area (TPSA) is 64.6 Å². The SMILES string of the molecule is COC1CCNC(=O)C1(OC)C(=O)c1ccccc1. The highest BCUT2D eigenvalue weighted by Crippen LogP contribution is 2.28. The quantitative estimate of drug-likeness (QED) is 0.644. The van der Waals surface area contributed by atoms with Crippen molar-refractivity contribution in [2.24, 2.45) is 0 Å². The fraction of sp³-hybridized carbons (Fsp3) is 0.429. The van der Waals surface area contributed by atoms with Gasteiger partial charge in [-0.25, -0.2) is 0 Å². The molecule has 0 aromatic heterocycles. The second-order valence-corrected chi connectivity index (χ2v) is 4.40. The summed E-state index contributed by atoms with van der Waals surface area (Å²) in [5.74, 6) is -0.818. The Morgan fingerprint density at radius 2 is 2.00 bits per heavy atom. The Kier molecular flexibility index (Phi) is 3.97. The summed E-state index contributed by atoms with van der Waals surface area (Å²) >= 11 is 0. The van der Waals surface area contributed by atoms with E-state index >= 15 is 0 Å². The van der Waals surface area contributed by atoms with Gasteiger partial charge in [-0.05, 0) is 6.42 Å². The molecule has 0 spiro atoms. The van der Waals surface area contributed by atoms with Crippen molar-refractivity contribution in [1.82, 2.24) is 5.32 Å². The first-order chi connectivity index (χ1) is 9.16. The smallest absolute Gasteiger partial charge is 0.263 e. The highest BCUT2D eigenvalue weighted by Gasteiger charge is 2.55. The van der Waals surface area contributed by atoms with Gasteiger partial charge in [-0.3, -0.25) is 9.59 Å². The Morgan fingerprint density at radius 1 is 1.32 bits per heavy atom. The van der Waals surface area contributed by atoms with Crippen LogP contribution >= 0.6 is 0 Å². The van der Waals surface area contributed by atoms with Gasteiger partial charge in [0.15, 0.2) is 0 Å². The molecular formula is C14H17NO4. The minimum absolute atomic E-state index is 0.375. The first-order valence-electron chi connectivity index (χ1n) is 6.13. The Balaban J connectivity index is 2.45. The number of nitrogens with one attached hydrogen (secondary N) is 1. The van der Waals surface area contributed by atoms with Crippen LogP contribution in [0.2, 0.25) is 0 Å². The molecule has 19 heavy (non-hydrogen) atoms. The molecule has 0 radical (unpaired) electrons. The number of rotatable bonds is 4. The molecule has 2 rings (SSSR count). The van der Waals surface area contributed by atoms with Crippen molar-refractivity contribution in [1.29, 1.82) is 0 Å². The first kappa shape index (κ1) is 13.7. The van der Waals surface area contributed by atoms with Crippen LogP contribution in [0, 0.1) is 0 Å². The van der Waals surface area contributed by atoms with Crippen LogP contribution in [-0.2, 0) is 14.3 Å². The van der Waals surface area contributed by atoms with E-state index in [1.807, 2.05) is 6.07 Å². The number of ketones is 1. The standard InChI is InChI=1S/C14H17NO4/c1-18-11-8-9-15-13(17)14(11,19-2)12(16)10-6-4-3-5-7-10/h3-7,11H,8-9H2,1-2H3,(H,15,17). The third-order valence-corrected chi connectivity index (χ3v) is 3.46. The fourth-order valence-corrected chi connectivity index (χ4v) is 2.45. The summed E-state index contributed by atoms with van der Waals surface area (Å²) in [6.45, 7) is 0.477. The van der Waals surface area contributed by atoms with E-state index in [1.54, 1.807) is 24.3 Å². The summed E-state index contributed by atoms with van der Waals surface area (Å²) in [5, 5.41) is 2.67. The van der Waals surface area contributed by atoms with Crippen molar-refractivity contribution in [3.8, 4) is 0 Å². The van der Waals surface area contributed by atoms with Crippen LogP contribution in [0.15, 0.2) is 30.3 Å². The van der Waals surface area contributed by atoms with Gasteiger partial charge in [0, 0.05) is 26.3 Å². The molecule has 2 atom stereocenters. The lowest BCUT2D eigenvalue weighted by molar-refractivity contribution is -0.158. The molecule has 1 aromatic rings. The number of carbonyl (C=O) groups excluding carboxylic acids is 2. The lowest BCUT2D eigenvalue weighted by atomic mass is 9.82. The molecule has 2 unspecified atom stereocenters. The highest BCUT2D eigenvalue weighted by atomic mass is 16.5. The van der Waals surface area contributed by atoms with E-state index in [2.05, 4.69) is 5.32 Å². The van der Waals surface area contributed by atoms with Crippen LogP contribution in [0.5, 0.6) is 0 Å². The van der Waals surface area contributed by atoms with Gasteiger partial charge in [0.25, 0.3) is 5.91 Å². The average Bonchev–Trinajstić information content (AvgIpc) is 2.47. The Bertz CT molecular complexity index is 474. The molecular weight excluding hydrogens is 246 g/mol. The lowest BCUT2D eigenvalue weighted by Gasteiger charge is -2.39. The van der Waals surface area contributed by atoms with Crippen molar-refractivity contribution in [2.45, 2.75) is 18.1 Å². The third kappa shape index (κ3) is 2.15. The monoisotopic (exact) mass is 263 g/mol. The van der Waals surface area contributed by atoms with E-state index in [0.29, 0.717) is 18.5 Å². The van der Waals surface area contributed by atoms with E-state index in [-0.39, 0.29) is 5.78 Å². The molecule has 1 aliphatic heterocycles. The second kappa shape index (κ2) is 5.50. The van der Waals surface area contributed by atoms with Crippen LogP contribution in [0.25, 0.3) is 0 Å². The normalized spacial score (nSPS) is 26.8. The molecule has 5 nitrogen and oxygen atoms in total. The van der Waals surface area contributed by atoms with Crippen molar-refractivity contribution < 1.29 is 19.1 Å². The lowest BCUT2D eigenvalue weighted by Crippen LogP contribution is -2.65. The summed E-state index contributed by atoms with van der Waals surface area (Å²) in [5.41, 5.74) is -1.17. The van der Waals surface area contributed by atoms with Gasteiger partial charge < -0.3 is 14.8 Å². The third-order valence-electron chi connectivity index (χ3n) is 3.46. The minimum atomic E-state index is -1.60. The second-order valence-electron chi connectivity index (χ2n) is 4.40. The molecule has 1 aromatic carbocycles. The van der Waals surface area contributed by atoms with E-state index in [4.69, 9.17) is 9.47 Å². The summed E-state index contributed by atoms with van der Waals surface area (Å²) in [6.07, 6.45) is -0.0479. The molecule has 5 heteroatoms. The van der Waals surface area contributed by atoms with Gasteiger partial charge in [0.2, 0.25) is 11.4 Å². The van der Waals surface area contributed by atoms with Gasteiger partial charge in [-0.1, -0.05) is 30.3 Å². The molecule has 0 saturated carbocycles. The summed E-state index contributed by atoms with van der Waals surface area (Å²) in [4.78, 5) is 24.9. The maximum absolute atomic E-state index is 12.7. The number of carbonyl (C=O) groups is 2. The molecule has 0 aliphatic carbocycles. The zero-order valence-corrected chi connectivity index (χ0v) is 11.0. The Hall–Kier alpha value is -1.72. The Morgan fingerprint density at radius 3 is 2.58 bits per heavy atom. The van der Waals surface area contributed by atoms with E-state index in [9.17, 15) is 9.59 Å².